The van der Waals surface area contributed by atoms with Crippen molar-refractivity contribution in [3.63, 3.8) is 0 Å². The van der Waals surface area contributed by atoms with Crippen LogP contribution in [-0.2, 0) is 14.3 Å². The van der Waals surface area contributed by atoms with Gasteiger partial charge in [-0.15, -0.1) is 0 Å². The van der Waals surface area contributed by atoms with Crippen molar-refractivity contribution < 1.29 is 39.8 Å². The number of rotatable bonds is 53. The molecule has 1 fully saturated rings. The maximum Gasteiger partial charge on any atom is 0.220 e. The first-order valence-corrected chi connectivity index (χ1v) is 31.2. The third kappa shape index (κ3) is 42.7. The van der Waals surface area contributed by atoms with E-state index in [0.29, 0.717) is 6.42 Å². The number of carbonyl (C=O) groups is 1. The fraction of sp³-hybridized carbons (Fsp3) is 0.800. The van der Waals surface area contributed by atoms with Crippen molar-refractivity contribution in [2.45, 2.75) is 320 Å². The first-order chi connectivity index (χ1) is 36.3. The molecule has 0 aliphatic carbocycles. The normalized spacial score (nSPS) is 19.5. The zero-order valence-electron chi connectivity index (χ0n) is 47.8. The van der Waals surface area contributed by atoms with E-state index in [9.17, 15) is 30.3 Å². The van der Waals surface area contributed by atoms with Crippen LogP contribution in [0.25, 0.3) is 0 Å². The van der Waals surface area contributed by atoms with Crippen molar-refractivity contribution >= 4 is 5.91 Å². The summed E-state index contributed by atoms with van der Waals surface area (Å²) < 4.78 is 11.3. The first-order valence-electron chi connectivity index (χ1n) is 31.2. The minimum atomic E-state index is -1.58. The molecule has 0 spiro atoms. The van der Waals surface area contributed by atoms with Gasteiger partial charge in [0.25, 0.3) is 0 Å². The van der Waals surface area contributed by atoms with Crippen molar-refractivity contribution in [1.29, 1.82) is 0 Å². The number of hydrogen-bond acceptors (Lipinski definition) is 8. The van der Waals surface area contributed by atoms with E-state index in [1.807, 2.05) is 6.08 Å². The van der Waals surface area contributed by atoms with Gasteiger partial charge in [-0.1, -0.05) is 279 Å². The molecule has 7 unspecified atom stereocenters. The molecule has 0 aromatic heterocycles. The van der Waals surface area contributed by atoms with Crippen LogP contribution in [0.4, 0.5) is 0 Å². The minimum Gasteiger partial charge on any atom is -0.394 e. The molecule has 1 saturated heterocycles. The van der Waals surface area contributed by atoms with Crippen molar-refractivity contribution in [3.05, 3.63) is 72.9 Å². The quantitative estimate of drug-likeness (QED) is 0.0261. The summed E-state index contributed by atoms with van der Waals surface area (Å²) in [6.07, 6.45) is 68.4. The number of hydrogen-bond donors (Lipinski definition) is 6. The van der Waals surface area contributed by atoms with Crippen LogP contribution in [0.5, 0.6) is 0 Å². The number of ether oxygens (including phenoxy) is 2. The molecule has 0 aromatic rings. The molecule has 1 aliphatic rings. The van der Waals surface area contributed by atoms with Crippen LogP contribution in [0.15, 0.2) is 72.9 Å². The molecule has 430 valence electrons. The van der Waals surface area contributed by atoms with Gasteiger partial charge in [-0.05, 0) is 64.2 Å². The van der Waals surface area contributed by atoms with Crippen LogP contribution in [-0.4, -0.2) is 87.5 Å². The van der Waals surface area contributed by atoms with Crippen LogP contribution in [0.3, 0.4) is 0 Å². The van der Waals surface area contributed by atoms with E-state index in [-0.39, 0.29) is 12.5 Å². The van der Waals surface area contributed by atoms with Crippen LogP contribution in [0.2, 0.25) is 0 Å². The Morgan fingerprint density at radius 3 is 1.24 bits per heavy atom. The van der Waals surface area contributed by atoms with Crippen LogP contribution < -0.4 is 5.32 Å². The first kappa shape index (κ1) is 69.6. The summed E-state index contributed by atoms with van der Waals surface area (Å²) in [5.41, 5.74) is 0. The molecule has 1 amide bonds. The second-order valence-corrected chi connectivity index (χ2v) is 21.5. The van der Waals surface area contributed by atoms with Crippen LogP contribution in [0.1, 0.15) is 277 Å². The number of aliphatic hydroxyl groups excluding tert-OH is 5. The Hall–Kier alpha value is -2.37. The highest BCUT2D eigenvalue weighted by molar-refractivity contribution is 5.76. The third-order valence-corrected chi connectivity index (χ3v) is 14.5. The highest BCUT2D eigenvalue weighted by atomic mass is 16.7. The molecule has 1 aliphatic heterocycles. The van der Waals surface area contributed by atoms with E-state index in [0.717, 1.165) is 89.9 Å². The lowest BCUT2D eigenvalue weighted by Gasteiger charge is -2.40. The van der Waals surface area contributed by atoms with E-state index < -0.39 is 49.5 Å². The number of allylic oxidation sites excluding steroid dienone is 11. The van der Waals surface area contributed by atoms with E-state index in [1.165, 1.54) is 167 Å². The van der Waals surface area contributed by atoms with Gasteiger partial charge < -0.3 is 40.3 Å². The molecule has 7 atom stereocenters. The second kappa shape index (κ2) is 54.0. The number of unbranched alkanes of at least 4 members (excludes halogenated alkanes) is 33. The second-order valence-electron chi connectivity index (χ2n) is 21.5. The van der Waals surface area contributed by atoms with Crippen molar-refractivity contribution in [3.8, 4) is 0 Å². The summed E-state index contributed by atoms with van der Waals surface area (Å²) in [6.45, 7) is 3.68. The van der Waals surface area contributed by atoms with Gasteiger partial charge in [0.05, 0.1) is 25.4 Å². The van der Waals surface area contributed by atoms with Gasteiger partial charge in [-0.2, -0.15) is 0 Å². The summed E-state index contributed by atoms with van der Waals surface area (Å²) in [7, 11) is 0. The predicted octanol–water partition coefficient (Wildman–Crippen LogP) is 16.0. The van der Waals surface area contributed by atoms with Crippen LogP contribution in [0, 0.1) is 0 Å². The van der Waals surface area contributed by atoms with Gasteiger partial charge in [0.15, 0.2) is 6.29 Å². The standard InChI is InChI=1S/C65H117NO8/c1-3-5-7-9-11-13-15-17-19-21-23-25-26-27-28-29-30-31-32-33-35-36-38-40-42-44-46-48-50-52-54-59(68)58(57-73-65-64(72)63(71)62(70)60(56-67)74-65)66-61(69)55-53-51-49-47-45-43-41-39-37-34-24-22-20-18-16-14-12-10-8-6-4-2/h6,8,12,14,18,20,24,34,39,41,52,54,58-60,62-65,67-68,70-72H,3-5,7,9-11,13,15-17,19,21-23,25-33,35-38,40,42-51,53,55-57H2,1-2H3,(H,66,69)/b8-6-,14-12-,20-18-,34-24-,41-39-,54-52+. The summed E-state index contributed by atoms with van der Waals surface area (Å²) in [5, 5.41) is 54.6. The molecule has 0 saturated carbocycles. The van der Waals surface area contributed by atoms with E-state index in [1.54, 1.807) is 6.08 Å². The largest absolute Gasteiger partial charge is 0.394 e. The summed E-state index contributed by atoms with van der Waals surface area (Å²) in [5.74, 6) is -0.195. The zero-order chi connectivity index (χ0) is 53.6. The van der Waals surface area contributed by atoms with Crippen molar-refractivity contribution in [1.82, 2.24) is 5.32 Å². The van der Waals surface area contributed by atoms with Gasteiger partial charge in [-0.25, -0.2) is 0 Å². The topological polar surface area (TPSA) is 149 Å². The number of aliphatic hydroxyl groups is 5. The Labute approximate surface area is 455 Å². The van der Waals surface area contributed by atoms with Gasteiger partial charge in [-0.3, -0.25) is 4.79 Å². The Bertz CT molecular complexity index is 1390. The fourth-order valence-corrected chi connectivity index (χ4v) is 9.66. The lowest BCUT2D eigenvalue weighted by atomic mass is 9.99. The highest BCUT2D eigenvalue weighted by Crippen LogP contribution is 2.23. The molecular formula is C65H117NO8. The van der Waals surface area contributed by atoms with E-state index in [4.69, 9.17) is 9.47 Å². The SMILES string of the molecule is CC/C=C\C/C=C\C/C=C\C/C=C\C/C=C\CCCCCCCC(=O)NC(COC1OC(CO)C(O)C(O)C1O)C(O)/C=C/CCCCCCCCCCCCCCCCCCCCCCCCCCCCCC. The molecule has 1 rings (SSSR count). The molecule has 9 nitrogen and oxygen atoms in total. The monoisotopic (exact) mass is 1040 g/mol. The van der Waals surface area contributed by atoms with Gasteiger partial charge in [0, 0.05) is 6.42 Å². The van der Waals surface area contributed by atoms with Crippen LogP contribution >= 0.6 is 0 Å². The van der Waals surface area contributed by atoms with Gasteiger partial charge in [0.2, 0.25) is 5.91 Å². The maximum atomic E-state index is 13.1. The molecule has 0 radical (unpaired) electrons. The zero-order valence-corrected chi connectivity index (χ0v) is 47.8. The Balaban J connectivity index is 2.20. The Morgan fingerprint density at radius 1 is 0.473 bits per heavy atom. The lowest BCUT2D eigenvalue weighted by Crippen LogP contribution is -2.60. The number of carbonyl (C=O) groups excluding carboxylic acids is 1. The summed E-state index contributed by atoms with van der Waals surface area (Å²) in [4.78, 5) is 13.1. The Kier molecular flexibility index (Phi) is 50.8. The average Bonchev–Trinajstić information content (AvgIpc) is 3.40. The molecule has 74 heavy (non-hydrogen) atoms. The fourth-order valence-electron chi connectivity index (χ4n) is 9.66. The molecule has 6 N–H and O–H groups in total. The Morgan fingerprint density at radius 2 is 0.838 bits per heavy atom. The predicted molar refractivity (Wildman–Crippen MR) is 313 cm³/mol. The van der Waals surface area contributed by atoms with Gasteiger partial charge in [0.1, 0.15) is 24.4 Å². The molecule has 1 heterocycles. The number of amides is 1. The maximum absolute atomic E-state index is 13.1. The average molecular weight is 1040 g/mol. The van der Waals surface area contributed by atoms with E-state index >= 15 is 0 Å². The van der Waals surface area contributed by atoms with Crippen molar-refractivity contribution in [2.24, 2.45) is 0 Å². The molecule has 9 heteroatoms. The number of nitrogens with one attached hydrogen (secondary N) is 1. The lowest BCUT2D eigenvalue weighted by molar-refractivity contribution is -0.302. The van der Waals surface area contributed by atoms with Crippen molar-refractivity contribution in [2.75, 3.05) is 13.2 Å². The third-order valence-electron chi connectivity index (χ3n) is 14.5. The van der Waals surface area contributed by atoms with E-state index in [2.05, 4.69) is 79.9 Å². The smallest absolute Gasteiger partial charge is 0.220 e. The van der Waals surface area contributed by atoms with Gasteiger partial charge >= 0.3 is 0 Å². The highest BCUT2D eigenvalue weighted by Gasteiger charge is 2.44. The molecule has 0 bridgehead atoms. The molecule has 0 aromatic carbocycles. The summed E-state index contributed by atoms with van der Waals surface area (Å²) in [6, 6.07) is -0.821. The minimum absolute atomic E-state index is 0.195. The summed E-state index contributed by atoms with van der Waals surface area (Å²) >= 11 is 0. The molecular weight excluding hydrogens is 923 g/mol.